The third kappa shape index (κ3) is 6.09. The summed E-state index contributed by atoms with van der Waals surface area (Å²) in [5.41, 5.74) is 0.771. The number of aryl methyl sites for hydroxylation is 1. The maximum absolute atomic E-state index is 13.0. The fourth-order valence-corrected chi connectivity index (χ4v) is 5.11. The van der Waals surface area contributed by atoms with Crippen LogP contribution in [0, 0.1) is 10.1 Å². The number of fused-ring (bicyclic) bond motifs is 2. The number of aromatic nitrogens is 2. The third-order valence-corrected chi connectivity index (χ3v) is 7.31. The second-order valence-corrected chi connectivity index (χ2v) is 10.1. The molecule has 0 unspecified atom stereocenters. The molecule has 2 aliphatic rings. The molecule has 0 N–H and O–H groups in total. The zero-order chi connectivity index (χ0) is 28.6. The largest absolute Gasteiger partial charge is 0.490 e. The van der Waals surface area contributed by atoms with Gasteiger partial charge in [-0.25, -0.2) is 0 Å². The van der Waals surface area contributed by atoms with Crippen LogP contribution in [0.15, 0.2) is 59.1 Å². The molecule has 0 aliphatic carbocycles. The van der Waals surface area contributed by atoms with Gasteiger partial charge in [0.2, 0.25) is 0 Å². The molecular formula is C28H27F3N4O6. The summed E-state index contributed by atoms with van der Waals surface area (Å²) in [7, 11) is 0. The third-order valence-electron chi connectivity index (χ3n) is 7.31. The summed E-state index contributed by atoms with van der Waals surface area (Å²) >= 11 is 0. The van der Waals surface area contributed by atoms with E-state index in [9.17, 15) is 23.3 Å². The summed E-state index contributed by atoms with van der Waals surface area (Å²) in [4.78, 5) is 16.5. The van der Waals surface area contributed by atoms with Crippen molar-refractivity contribution in [1.82, 2.24) is 9.55 Å². The minimum atomic E-state index is -4.39. The normalized spacial score (nSPS) is 17.8. The van der Waals surface area contributed by atoms with Gasteiger partial charge in [0.05, 0.1) is 11.7 Å². The number of hydrogen-bond acceptors (Lipinski definition) is 8. The quantitative estimate of drug-likeness (QED) is 0.188. The first kappa shape index (κ1) is 26.9. The number of ether oxygens (including phenoxy) is 3. The first-order chi connectivity index (χ1) is 19.7. The van der Waals surface area contributed by atoms with E-state index in [1.165, 1.54) is 12.3 Å². The molecule has 1 fully saturated rings. The van der Waals surface area contributed by atoms with Gasteiger partial charge in [0.15, 0.2) is 0 Å². The topological polar surface area (TPSA) is 105 Å². The van der Waals surface area contributed by atoms with Gasteiger partial charge in [-0.15, -0.1) is 0 Å². The van der Waals surface area contributed by atoms with E-state index in [1.807, 2.05) is 24.3 Å². The zero-order valence-electron chi connectivity index (χ0n) is 21.9. The minimum absolute atomic E-state index is 0.0281. The Morgan fingerprint density at radius 3 is 2.56 bits per heavy atom. The van der Waals surface area contributed by atoms with Crippen molar-refractivity contribution in [3.63, 3.8) is 0 Å². The molecule has 41 heavy (non-hydrogen) atoms. The smallest absolute Gasteiger partial charge is 0.416 e. The van der Waals surface area contributed by atoms with Gasteiger partial charge in [0, 0.05) is 42.1 Å². The summed E-state index contributed by atoms with van der Waals surface area (Å²) in [6.45, 7) is 2.68. The molecule has 2 aromatic heterocycles. The predicted molar refractivity (Wildman–Crippen MR) is 141 cm³/mol. The molecule has 1 saturated heterocycles. The minimum Gasteiger partial charge on any atom is -0.490 e. The predicted octanol–water partition coefficient (Wildman–Crippen LogP) is 5.97. The Morgan fingerprint density at radius 2 is 1.83 bits per heavy atom. The highest BCUT2D eigenvalue weighted by atomic mass is 19.4. The number of imidazole rings is 1. The highest BCUT2D eigenvalue weighted by Crippen LogP contribution is 2.33. The highest BCUT2D eigenvalue weighted by Gasteiger charge is 2.31. The van der Waals surface area contributed by atoms with Gasteiger partial charge in [0.25, 0.3) is 0 Å². The number of nitrogens with zero attached hydrogens (tertiary/aromatic N) is 4. The molecule has 4 heterocycles. The van der Waals surface area contributed by atoms with Gasteiger partial charge in [-0.3, -0.25) is 4.57 Å². The average molecular weight is 573 g/mol. The number of alkyl halides is 3. The van der Waals surface area contributed by atoms with E-state index in [2.05, 4.69) is 9.88 Å². The molecule has 6 rings (SSSR count). The van der Waals surface area contributed by atoms with E-state index in [0.29, 0.717) is 42.1 Å². The molecule has 0 radical (unpaired) electrons. The number of nitro groups is 1. The summed E-state index contributed by atoms with van der Waals surface area (Å²) in [6, 6.07) is 13.1. The number of hydrogen-bond donors (Lipinski definition) is 0. The lowest BCUT2D eigenvalue weighted by Gasteiger charge is -2.33. The first-order valence-electron chi connectivity index (χ1n) is 13.3. The highest BCUT2D eigenvalue weighted by molar-refractivity contribution is 5.78. The van der Waals surface area contributed by atoms with Crippen LogP contribution in [0.1, 0.15) is 30.6 Å². The summed E-state index contributed by atoms with van der Waals surface area (Å²) < 4.78 is 63.8. The number of furan rings is 1. The van der Waals surface area contributed by atoms with Crippen molar-refractivity contribution in [1.29, 1.82) is 0 Å². The molecule has 0 bridgehead atoms. The standard InChI is InChI=1S/C28H27F3N4O6/c29-28(30,31)19-1-6-25-18(13-19)14-24(40-25)17-39-22-7-10-33(11-8-22)20-2-4-21(5-3-20)38-16-23-9-12-34-15-26(35(36)37)32-27(34)41-23/h1-6,13-15,22-23H,7-12,16-17H2/t23-/m1/s1. The Bertz CT molecular complexity index is 1530. The van der Waals surface area contributed by atoms with Crippen molar-refractivity contribution in [3.8, 4) is 11.8 Å². The van der Waals surface area contributed by atoms with E-state index in [1.54, 1.807) is 10.6 Å². The van der Waals surface area contributed by atoms with Crippen LogP contribution in [0.5, 0.6) is 11.8 Å². The van der Waals surface area contributed by atoms with Crippen molar-refractivity contribution < 1.29 is 36.7 Å². The monoisotopic (exact) mass is 572 g/mol. The maximum Gasteiger partial charge on any atom is 0.416 e. The Hall–Kier alpha value is -4.26. The van der Waals surface area contributed by atoms with Gasteiger partial charge >= 0.3 is 18.0 Å². The van der Waals surface area contributed by atoms with Crippen molar-refractivity contribution >= 4 is 22.5 Å². The molecule has 216 valence electrons. The number of benzene rings is 2. The van der Waals surface area contributed by atoms with E-state index in [0.717, 1.165) is 43.8 Å². The Balaban J connectivity index is 0.951. The van der Waals surface area contributed by atoms with E-state index in [-0.39, 0.29) is 30.6 Å². The van der Waals surface area contributed by atoms with E-state index in [4.69, 9.17) is 18.6 Å². The Labute approximate surface area is 232 Å². The molecule has 2 aliphatic heterocycles. The molecule has 10 nitrogen and oxygen atoms in total. The first-order valence-corrected chi connectivity index (χ1v) is 13.3. The second-order valence-electron chi connectivity index (χ2n) is 10.1. The van der Waals surface area contributed by atoms with Crippen molar-refractivity contribution in [2.45, 2.75) is 50.8 Å². The zero-order valence-corrected chi connectivity index (χ0v) is 21.9. The lowest BCUT2D eigenvalue weighted by Crippen LogP contribution is -2.36. The molecule has 2 aromatic carbocycles. The Morgan fingerprint density at radius 1 is 1.05 bits per heavy atom. The maximum atomic E-state index is 13.0. The van der Waals surface area contributed by atoms with Gasteiger partial charge in [-0.1, -0.05) is 0 Å². The molecule has 1 atom stereocenters. The van der Waals surface area contributed by atoms with Crippen LogP contribution >= 0.6 is 0 Å². The number of anilines is 1. The van der Waals surface area contributed by atoms with Gasteiger partial charge < -0.3 is 33.6 Å². The van der Waals surface area contributed by atoms with E-state index < -0.39 is 16.7 Å². The summed E-state index contributed by atoms with van der Waals surface area (Å²) in [5, 5.41) is 11.3. The SMILES string of the molecule is O=[N+]([O-])c1cn2c(n1)O[C@@H](COc1ccc(N3CCC(OCc4cc5cc(C(F)(F)F)ccc5o4)CC3)cc1)CC2. The molecule has 13 heteroatoms. The average Bonchev–Trinajstić information content (AvgIpc) is 3.58. The molecule has 0 amide bonds. The van der Waals surface area contributed by atoms with E-state index >= 15 is 0 Å². The second kappa shape index (κ2) is 11.0. The van der Waals surface area contributed by atoms with Crippen LogP contribution in [-0.4, -0.2) is 46.4 Å². The number of rotatable bonds is 8. The molecule has 4 aromatic rings. The molecule has 0 spiro atoms. The van der Waals surface area contributed by atoms with Crippen LogP contribution in [0.3, 0.4) is 0 Å². The van der Waals surface area contributed by atoms with Crippen LogP contribution in [0.25, 0.3) is 11.0 Å². The van der Waals surface area contributed by atoms with Crippen LogP contribution in [0.2, 0.25) is 0 Å². The Kier molecular flexibility index (Phi) is 7.20. The fourth-order valence-electron chi connectivity index (χ4n) is 5.11. The summed E-state index contributed by atoms with van der Waals surface area (Å²) in [6.07, 6.45) is -0.966. The molecule has 0 saturated carbocycles. The van der Waals surface area contributed by atoms with Crippen molar-refractivity contribution in [3.05, 3.63) is 76.2 Å². The number of halogens is 3. The van der Waals surface area contributed by atoms with Crippen molar-refractivity contribution in [2.24, 2.45) is 0 Å². The summed E-state index contributed by atoms with van der Waals surface area (Å²) in [5.74, 6) is 0.969. The van der Waals surface area contributed by atoms with Gasteiger partial charge in [-0.05, 0) is 66.3 Å². The van der Waals surface area contributed by atoms with Gasteiger partial charge in [-0.2, -0.15) is 13.2 Å². The van der Waals surface area contributed by atoms with Gasteiger partial charge in [0.1, 0.15) is 42.6 Å². The van der Waals surface area contributed by atoms with Crippen LogP contribution in [-0.2, 0) is 24.1 Å². The molecular weight excluding hydrogens is 545 g/mol. The van der Waals surface area contributed by atoms with Crippen molar-refractivity contribution in [2.75, 3.05) is 24.6 Å². The lowest BCUT2D eigenvalue weighted by atomic mass is 10.1. The number of piperidine rings is 1. The van der Waals surface area contributed by atoms with Crippen LogP contribution in [0.4, 0.5) is 24.7 Å². The lowest BCUT2D eigenvalue weighted by molar-refractivity contribution is -0.389. The fraction of sp³-hybridized carbons (Fsp3) is 0.393. The van der Waals surface area contributed by atoms with Crippen LogP contribution < -0.4 is 14.4 Å².